The molecule has 1 aromatic rings. The second-order valence-electron chi connectivity index (χ2n) is 5.53. The predicted molar refractivity (Wildman–Crippen MR) is 87.8 cm³/mol. The Morgan fingerprint density at radius 1 is 1.25 bits per heavy atom. The monoisotopic (exact) mass is 293 g/mol. The molecular formula is C17H27NOS. The zero-order valence-electron chi connectivity index (χ0n) is 12.7. The Labute approximate surface area is 127 Å². The van der Waals surface area contributed by atoms with Crippen LogP contribution in [0.4, 0.5) is 0 Å². The Balaban J connectivity index is 2.01. The lowest BCUT2D eigenvalue weighted by molar-refractivity contribution is 0.413. The van der Waals surface area contributed by atoms with Gasteiger partial charge in [-0.05, 0) is 44.0 Å². The third-order valence-corrected chi connectivity index (χ3v) is 5.33. The van der Waals surface area contributed by atoms with Crippen molar-refractivity contribution in [1.82, 2.24) is 5.32 Å². The van der Waals surface area contributed by atoms with Crippen LogP contribution in [0, 0.1) is 0 Å². The molecule has 20 heavy (non-hydrogen) atoms. The number of nitrogens with one attached hydrogen (secondary N) is 1. The molecule has 0 bridgehead atoms. The molecule has 0 heterocycles. The van der Waals surface area contributed by atoms with E-state index in [0.717, 1.165) is 12.3 Å². The van der Waals surface area contributed by atoms with E-state index in [1.165, 1.54) is 43.4 Å². The molecule has 1 aliphatic rings. The second-order valence-corrected chi connectivity index (χ2v) is 6.85. The highest BCUT2D eigenvalue weighted by molar-refractivity contribution is 8.00. The Morgan fingerprint density at radius 3 is 2.90 bits per heavy atom. The molecular weight excluding hydrogens is 266 g/mol. The van der Waals surface area contributed by atoms with Gasteiger partial charge in [-0.2, -0.15) is 0 Å². The molecule has 2 atom stereocenters. The van der Waals surface area contributed by atoms with Crippen molar-refractivity contribution in [2.75, 3.05) is 13.7 Å². The standard InChI is InChI=1S/C17H27NOS/c1-3-12-18-16-10-5-4-6-11-17(16)20-15-9-7-8-14(13-15)19-2/h7-9,13,16-18H,3-6,10-12H2,1-2H3. The van der Waals surface area contributed by atoms with Crippen LogP contribution in [0.25, 0.3) is 0 Å². The lowest BCUT2D eigenvalue weighted by atomic mass is 10.1. The van der Waals surface area contributed by atoms with Gasteiger partial charge in [0.15, 0.2) is 0 Å². The van der Waals surface area contributed by atoms with Crippen molar-refractivity contribution in [3.05, 3.63) is 24.3 Å². The molecule has 1 fully saturated rings. The Bertz CT molecular complexity index is 396. The van der Waals surface area contributed by atoms with Gasteiger partial charge < -0.3 is 10.1 Å². The van der Waals surface area contributed by atoms with Gasteiger partial charge in [0.25, 0.3) is 0 Å². The average Bonchev–Trinajstić information content (AvgIpc) is 2.70. The van der Waals surface area contributed by atoms with Crippen LogP contribution in [-0.2, 0) is 0 Å². The molecule has 3 heteroatoms. The largest absolute Gasteiger partial charge is 0.497 e. The smallest absolute Gasteiger partial charge is 0.119 e. The molecule has 2 rings (SSSR count). The van der Waals surface area contributed by atoms with Gasteiger partial charge in [0.05, 0.1) is 7.11 Å². The molecule has 2 unspecified atom stereocenters. The average molecular weight is 293 g/mol. The first kappa shape index (κ1) is 15.7. The summed E-state index contributed by atoms with van der Waals surface area (Å²) in [6, 6.07) is 9.13. The minimum Gasteiger partial charge on any atom is -0.497 e. The van der Waals surface area contributed by atoms with Gasteiger partial charge >= 0.3 is 0 Å². The van der Waals surface area contributed by atoms with Crippen molar-refractivity contribution in [1.29, 1.82) is 0 Å². The Morgan fingerprint density at radius 2 is 2.10 bits per heavy atom. The highest BCUT2D eigenvalue weighted by atomic mass is 32.2. The van der Waals surface area contributed by atoms with E-state index in [1.54, 1.807) is 7.11 Å². The first-order chi connectivity index (χ1) is 9.83. The molecule has 1 aromatic carbocycles. The maximum atomic E-state index is 5.33. The fourth-order valence-electron chi connectivity index (χ4n) is 2.83. The van der Waals surface area contributed by atoms with Gasteiger partial charge in [-0.3, -0.25) is 0 Å². The Hall–Kier alpha value is -0.670. The zero-order chi connectivity index (χ0) is 14.2. The first-order valence-electron chi connectivity index (χ1n) is 7.87. The van der Waals surface area contributed by atoms with Crippen LogP contribution in [0.2, 0.25) is 0 Å². The molecule has 1 aliphatic carbocycles. The zero-order valence-corrected chi connectivity index (χ0v) is 13.5. The topological polar surface area (TPSA) is 21.3 Å². The van der Waals surface area contributed by atoms with Gasteiger partial charge in [-0.1, -0.05) is 32.3 Å². The third-order valence-electron chi connectivity index (χ3n) is 3.94. The van der Waals surface area contributed by atoms with Gasteiger partial charge in [0.1, 0.15) is 5.75 Å². The summed E-state index contributed by atoms with van der Waals surface area (Å²) in [5.41, 5.74) is 0. The number of methoxy groups -OCH3 is 1. The minimum absolute atomic E-state index is 0.661. The predicted octanol–water partition coefficient (Wildman–Crippen LogP) is 4.49. The molecule has 0 amide bonds. The fourth-order valence-corrected chi connectivity index (χ4v) is 4.20. The number of benzene rings is 1. The van der Waals surface area contributed by atoms with Gasteiger partial charge in [-0.15, -0.1) is 11.8 Å². The summed E-state index contributed by atoms with van der Waals surface area (Å²) < 4.78 is 5.33. The van der Waals surface area contributed by atoms with Gasteiger partial charge in [0.2, 0.25) is 0 Å². The quantitative estimate of drug-likeness (QED) is 0.781. The van der Waals surface area contributed by atoms with E-state index in [-0.39, 0.29) is 0 Å². The van der Waals surface area contributed by atoms with E-state index in [0.29, 0.717) is 11.3 Å². The van der Waals surface area contributed by atoms with Crippen molar-refractivity contribution >= 4 is 11.8 Å². The first-order valence-corrected chi connectivity index (χ1v) is 8.75. The van der Waals surface area contributed by atoms with E-state index in [4.69, 9.17) is 4.74 Å². The van der Waals surface area contributed by atoms with Crippen LogP contribution >= 0.6 is 11.8 Å². The second kappa shape index (κ2) is 8.58. The number of rotatable bonds is 6. The van der Waals surface area contributed by atoms with E-state index in [2.05, 4.69) is 30.4 Å². The highest BCUT2D eigenvalue weighted by Crippen LogP contribution is 2.34. The summed E-state index contributed by atoms with van der Waals surface area (Å²) in [5.74, 6) is 0.960. The Kier molecular flexibility index (Phi) is 6.74. The van der Waals surface area contributed by atoms with Crippen LogP contribution in [0.3, 0.4) is 0 Å². The summed E-state index contributed by atoms with van der Waals surface area (Å²) in [4.78, 5) is 1.33. The van der Waals surface area contributed by atoms with Crippen LogP contribution in [-0.4, -0.2) is 24.9 Å². The van der Waals surface area contributed by atoms with E-state index in [9.17, 15) is 0 Å². The van der Waals surface area contributed by atoms with Crippen LogP contribution in [0.5, 0.6) is 5.75 Å². The van der Waals surface area contributed by atoms with Gasteiger partial charge in [0, 0.05) is 16.2 Å². The third kappa shape index (κ3) is 4.71. The van der Waals surface area contributed by atoms with E-state index < -0.39 is 0 Å². The summed E-state index contributed by atoms with van der Waals surface area (Å²) in [6.45, 7) is 3.38. The fraction of sp³-hybridized carbons (Fsp3) is 0.647. The van der Waals surface area contributed by atoms with Crippen molar-refractivity contribution in [2.45, 2.75) is 61.6 Å². The van der Waals surface area contributed by atoms with Crippen molar-refractivity contribution in [3.63, 3.8) is 0 Å². The molecule has 0 aliphatic heterocycles. The summed E-state index contributed by atoms with van der Waals surface area (Å²) in [5, 5.41) is 4.45. The number of thioether (sulfide) groups is 1. The molecule has 0 radical (unpaired) electrons. The van der Waals surface area contributed by atoms with Crippen LogP contribution < -0.4 is 10.1 Å². The van der Waals surface area contributed by atoms with E-state index >= 15 is 0 Å². The number of ether oxygens (including phenoxy) is 1. The molecule has 2 nitrogen and oxygen atoms in total. The number of hydrogen-bond donors (Lipinski definition) is 1. The minimum atomic E-state index is 0.661. The molecule has 1 saturated carbocycles. The lowest BCUT2D eigenvalue weighted by Crippen LogP contribution is -2.37. The van der Waals surface area contributed by atoms with Crippen molar-refractivity contribution < 1.29 is 4.74 Å². The van der Waals surface area contributed by atoms with Crippen LogP contribution in [0.15, 0.2) is 29.2 Å². The summed E-state index contributed by atoms with van der Waals surface area (Å²) >= 11 is 2.02. The van der Waals surface area contributed by atoms with Crippen LogP contribution in [0.1, 0.15) is 45.4 Å². The highest BCUT2D eigenvalue weighted by Gasteiger charge is 2.24. The van der Waals surface area contributed by atoms with Crippen molar-refractivity contribution in [2.24, 2.45) is 0 Å². The molecule has 0 spiro atoms. The number of hydrogen-bond acceptors (Lipinski definition) is 3. The molecule has 112 valence electrons. The summed E-state index contributed by atoms with van der Waals surface area (Å²) in [6.07, 6.45) is 7.99. The summed E-state index contributed by atoms with van der Waals surface area (Å²) in [7, 11) is 1.74. The maximum absolute atomic E-state index is 5.33. The lowest BCUT2D eigenvalue weighted by Gasteiger charge is -2.26. The van der Waals surface area contributed by atoms with Gasteiger partial charge in [-0.25, -0.2) is 0 Å². The maximum Gasteiger partial charge on any atom is 0.119 e. The van der Waals surface area contributed by atoms with E-state index in [1.807, 2.05) is 17.8 Å². The molecule has 1 N–H and O–H groups in total. The van der Waals surface area contributed by atoms with Crippen molar-refractivity contribution in [3.8, 4) is 5.75 Å². The molecule has 0 aromatic heterocycles. The normalized spacial score (nSPS) is 23.3. The SMILES string of the molecule is CCCNC1CCCCCC1Sc1cccc(OC)c1. The molecule has 0 saturated heterocycles.